The van der Waals surface area contributed by atoms with Crippen molar-refractivity contribution in [2.24, 2.45) is 0 Å². The standard InChI is InChI=1S/C16H12Cl3NO4S/c1-24-12-6-2-10(3-7-12)15(21)20-16(14(18)19)25(22,23)13-8-4-11(17)5-9-13/h2-9H,1H3,(H,20,21). The molecule has 0 bridgehead atoms. The van der Waals surface area contributed by atoms with Crippen molar-refractivity contribution >= 4 is 50.5 Å². The molecule has 0 aliphatic carbocycles. The number of halogens is 3. The zero-order valence-electron chi connectivity index (χ0n) is 12.8. The molecule has 25 heavy (non-hydrogen) atoms. The first-order valence-corrected chi connectivity index (χ1v) is 9.38. The summed E-state index contributed by atoms with van der Waals surface area (Å²) in [5.74, 6) is -0.134. The Morgan fingerprint density at radius 1 is 1.00 bits per heavy atom. The van der Waals surface area contributed by atoms with Crippen molar-refractivity contribution in [3.63, 3.8) is 0 Å². The van der Waals surface area contributed by atoms with E-state index in [0.29, 0.717) is 10.8 Å². The highest BCUT2D eigenvalue weighted by atomic mass is 35.5. The van der Waals surface area contributed by atoms with Crippen LogP contribution in [0.5, 0.6) is 5.75 Å². The molecule has 0 spiro atoms. The lowest BCUT2D eigenvalue weighted by Crippen LogP contribution is -2.28. The number of sulfone groups is 1. The van der Waals surface area contributed by atoms with Gasteiger partial charge in [0.1, 0.15) is 10.2 Å². The average molecular weight is 421 g/mol. The molecule has 0 aliphatic heterocycles. The minimum atomic E-state index is -4.13. The summed E-state index contributed by atoms with van der Waals surface area (Å²) >= 11 is 17.1. The maximum atomic E-state index is 12.6. The van der Waals surface area contributed by atoms with Gasteiger partial charge in [0.15, 0.2) is 5.03 Å². The van der Waals surface area contributed by atoms with Gasteiger partial charge in [0.2, 0.25) is 9.84 Å². The van der Waals surface area contributed by atoms with Crippen LogP contribution in [-0.2, 0) is 9.84 Å². The molecule has 0 heterocycles. The molecule has 0 saturated carbocycles. The zero-order valence-corrected chi connectivity index (χ0v) is 15.9. The SMILES string of the molecule is COc1ccc(C(=O)NC(=C(Cl)Cl)S(=O)(=O)c2ccc(Cl)cc2)cc1. The van der Waals surface area contributed by atoms with E-state index >= 15 is 0 Å². The van der Waals surface area contributed by atoms with E-state index in [1.54, 1.807) is 12.1 Å². The number of benzene rings is 2. The number of methoxy groups -OCH3 is 1. The molecule has 0 fully saturated rings. The van der Waals surface area contributed by atoms with E-state index in [-0.39, 0.29) is 10.5 Å². The molecule has 0 atom stereocenters. The van der Waals surface area contributed by atoms with Crippen molar-refractivity contribution in [3.05, 3.63) is 68.6 Å². The average Bonchev–Trinajstić information content (AvgIpc) is 2.59. The largest absolute Gasteiger partial charge is 0.497 e. The summed E-state index contributed by atoms with van der Waals surface area (Å²) in [5.41, 5.74) is 0.208. The summed E-state index contributed by atoms with van der Waals surface area (Å²) in [6.45, 7) is 0. The van der Waals surface area contributed by atoms with Crippen LogP contribution in [-0.4, -0.2) is 21.4 Å². The van der Waals surface area contributed by atoms with Crippen molar-refractivity contribution in [2.45, 2.75) is 4.90 Å². The van der Waals surface area contributed by atoms with Gasteiger partial charge in [0.05, 0.1) is 12.0 Å². The van der Waals surface area contributed by atoms with Gasteiger partial charge >= 0.3 is 0 Å². The van der Waals surface area contributed by atoms with Crippen LogP contribution in [0.2, 0.25) is 5.02 Å². The van der Waals surface area contributed by atoms with Gasteiger partial charge in [-0.05, 0) is 48.5 Å². The quantitative estimate of drug-likeness (QED) is 0.788. The van der Waals surface area contributed by atoms with Gasteiger partial charge in [-0.1, -0.05) is 34.8 Å². The van der Waals surface area contributed by atoms with Crippen molar-refractivity contribution in [1.29, 1.82) is 0 Å². The third kappa shape index (κ3) is 4.67. The van der Waals surface area contributed by atoms with E-state index in [0.717, 1.165) is 0 Å². The fourth-order valence-electron chi connectivity index (χ4n) is 1.87. The lowest BCUT2D eigenvalue weighted by atomic mass is 10.2. The highest BCUT2D eigenvalue weighted by molar-refractivity contribution is 7.95. The van der Waals surface area contributed by atoms with Crippen molar-refractivity contribution in [1.82, 2.24) is 5.32 Å². The van der Waals surface area contributed by atoms with E-state index < -0.39 is 25.3 Å². The molecule has 1 amide bonds. The molecule has 132 valence electrons. The first kappa shape index (κ1) is 19.6. The Morgan fingerprint density at radius 2 is 1.56 bits per heavy atom. The van der Waals surface area contributed by atoms with E-state index in [1.165, 1.54) is 43.5 Å². The second kappa shape index (κ2) is 8.10. The number of carbonyl (C=O) groups is 1. The molecule has 5 nitrogen and oxygen atoms in total. The third-order valence-corrected chi connectivity index (χ3v) is 5.73. The maximum Gasteiger partial charge on any atom is 0.256 e. The zero-order chi connectivity index (χ0) is 18.6. The topological polar surface area (TPSA) is 72.5 Å². The molecular formula is C16H12Cl3NO4S. The predicted octanol–water partition coefficient (Wildman–Crippen LogP) is 4.16. The minimum Gasteiger partial charge on any atom is -0.497 e. The molecule has 2 aromatic carbocycles. The molecule has 2 rings (SSSR count). The number of nitrogens with one attached hydrogen (secondary N) is 1. The van der Waals surface area contributed by atoms with Gasteiger partial charge in [-0.3, -0.25) is 4.79 Å². The third-order valence-electron chi connectivity index (χ3n) is 3.14. The molecule has 2 aromatic rings. The van der Waals surface area contributed by atoms with Crippen LogP contribution >= 0.6 is 34.8 Å². The Kier molecular flexibility index (Phi) is 6.35. The minimum absolute atomic E-state index is 0.110. The number of hydrogen-bond donors (Lipinski definition) is 1. The summed E-state index contributed by atoms with van der Waals surface area (Å²) in [5, 5.41) is 1.99. The summed E-state index contributed by atoms with van der Waals surface area (Å²) in [6.07, 6.45) is 0. The maximum absolute atomic E-state index is 12.6. The molecule has 1 N–H and O–H groups in total. The highest BCUT2D eigenvalue weighted by Gasteiger charge is 2.26. The summed E-state index contributed by atoms with van der Waals surface area (Å²) < 4.78 is 29.7. The lowest BCUT2D eigenvalue weighted by molar-refractivity contribution is 0.0968. The van der Waals surface area contributed by atoms with Crippen LogP contribution < -0.4 is 10.1 Å². The number of hydrogen-bond acceptors (Lipinski definition) is 4. The summed E-state index contributed by atoms with van der Waals surface area (Å²) in [7, 11) is -2.64. The van der Waals surface area contributed by atoms with Crippen LogP contribution in [0.15, 0.2) is 62.9 Å². The van der Waals surface area contributed by atoms with Crippen LogP contribution in [0.4, 0.5) is 0 Å². The summed E-state index contributed by atoms with van der Waals surface area (Å²) in [6, 6.07) is 11.5. The Bertz CT molecular complexity index is 903. The highest BCUT2D eigenvalue weighted by Crippen LogP contribution is 2.25. The van der Waals surface area contributed by atoms with Gasteiger partial charge in [0.25, 0.3) is 5.91 Å². The van der Waals surface area contributed by atoms with Crippen LogP contribution in [0.3, 0.4) is 0 Å². The first-order chi connectivity index (χ1) is 11.8. The second-order valence-corrected chi connectivity index (χ2v) is 8.00. The number of ether oxygens (including phenoxy) is 1. The van der Waals surface area contributed by atoms with Gasteiger partial charge in [-0.2, -0.15) is 0 Å². The smallest absolute Gasteiger partial charge is 0.256 e. The second-order valence-electron chi connectivity index (χ2n) is 4.73. The van der Waals surface area contributed by atoms with E-state index in [2.05, 4.69) is 5.32 Å². The van der Waals surface area contributed by atoms with E-state index in [4.69, 9.17) is 39.5 Å². The fraction of sp³-hybridized carbons (Fsp3) is 0.0625. The van der Waals surface area contributed by atoms with Crippen molar-refractivity contribution < 1.29 is 17.9 Å². The number of amides is 1. The van der Waals surface area contributed by atoms with Crippen molar-refractivity contribution in [3.8, 4) is 5.75 Å². The Labute approximate surface area is 160 Å². The van der Waals surface area contributed by atoms with E-state index in [9.17, 15) is 13.2 Å². The monoisotopic (exact) mass is 419 g/mol. The Hall–Kier alpha value is -1.73. The molecule has 0 saturated heterocycles. The molecule has 9 heteroatoms. The van der Waals surface area contributed by atoms with Gasteiger partial charge < -0.3 is 10.1 Å². The molecule has 0 aromatic heterocycles. The van der Waals surface area contributed by atoms with Crippen LogP contribution in [0.1, 0.15) is 10.4 Å². The normalized spacial score (nSPS) is 10.9. The van der Waals surface area contributed by atoms with Gasteiger partial charge in [-0.15, -0.1) is 0 Å². The van der Waals surface area contributed by atoms with E-state index in [1.807, 2.05) is 0 Å². The van der Waals surface area contributed by atoms with Crippen LogP contribution in [0.25, 0.3) is 0 Å². The molecule has 0 aliphatic rings. The number of rotatable bonds is 5. The van der Waals surface area contributed by atoms with Crippen LogP contribution in [0, 0.1) is 0 Å². The molecule has 0 radical (unpaired) electrons. The molecular weight excluding hydrogens is 409 g/mol. The van der Waals surface area contributed by atoms with Crippen molar-refractivity contribution in [2.75, 3.05) is 7.11 Å². The Balaban J connectivity index is 2.33. The summed E-state index contributed by atoms with van der Waals surface area (Å²) in [4.78, 5) is 12.2. The van der Waals surface area contributed by atoms with Gasteiger partial charge in [-0.25, -0.2) is 8.42 Å². The van der Waals surface area contributed by atoms with Gasteiger partial charge in [0, 0.05) is 10.6 Å². The first-order valence-electron chi connectivity index (χ1n) is 6.77. The number of carbonyl (C=O) groups excluding carboxylic acids is 1. The molecule has 0 unspecified atom stereocenters. The lowest BCUT2D eigenvalue weighted by Gasteiger charge is -2.12. The Morgan fingerprint density at radius 3 is 2.04 bits per heavy atom. The fourth-order valence-corrected chi connectivity index (χ4v) is 3.86. The predicted molar refractivity (Wildman–Crippen MR) is 97.8 cm³/mol.